The van der Waals surface area contributed by atoms with Gasteiger partial charge in [0.1, 0.15) is 4.90 Å². The normalized spacial score (nSPS) is 20.0. The molecule has 114 valence electrons. The fourth-order valence-electron chi connectivity index (χ4n) is 2.50. The standard InChI is InChI=1S/C14H18ClN3O2S/c1-18(12-3-2-7-17-8-6-12)21(19,20)14-5-4-11(10-16)9-13(14)15/h4-5,9,12,17H,2-3,6-8H2,1H3. The number of nitrogens with one attached hydrogen (secondary N) is 1. The summed E-state index contributed by atoms with van der Waals surface area (Å²) in [6.07, 6.45) is 2.56. The Morgan fingerprint density at radius 3 is 2.81 bits per heavy atom. The van der Waals surface area contributed by atoms with Gasteiger partial charge >= 0.3 is 0 Å². The first-order valence-electron chi connectivity index (χ1n) is 6.85. The maximum atomic E-state index is 12.7. The lowest BCUT2D eigenvalue weighted by Crippen LogP contribution is -2.37. The summed E-state index contributed by atoms with van der Waals surface area (Å²) in [6.45, 7) is 1.73. The van der Waals surface area contributed by atoms with Crippen molar-refractivity contribution in [2.45, 2.75) is 30.2 Å². The molecule has 0 aromatic heterocycles. The number of benzene rings is 1. The van der Waals surface area contributed by atoms with E-state index in [1.165, 1.54) is 22.5 Å². The molecule has 1 aliphatic rings. The minimum Gasteiger partial charge on any atom is -0.317 e. The Labute approximate surface area is 130 Å². The highest BCUT2D eigenvalue weighted by Crippen LogP contribution is 2.27. The molecule has 1 heterocycles. The highest BCUT2D eigenvalue weighted by molar-refractivity contribution is 7.89. The molecule has 1 saturated heterocycles. The van der Waals surface area contributed by atoms with Crippen LogP contribution in [0.1, 0.15) is 24.8 Å². The topological polar surface area (TPSA) is 73.2 Å². The molecule has 1 unspecified atom stereocenters. The van der Waals surface area contributed by atoms with Crippen molar-refractivity contribution in [1.29, 1.82) is 5.26 Å². The summed E-state index contributed by atoms with van der Waals surface area (Å²) in [5, 5.41) is 12.2. The third kappa shape index (κ3) is 3.55. The Morgan fingerprint density at radius 1 is 1.38 bits per heavy atom. The fourth-order valence-corrected chi connectivity index (χ4v) is 4.43. The van der Waals surface area contributed by atoms with E-state index in [0.29, 0.717) is 5.56 Å². The molecule has 0 bridgehead atoms. The molecular formula is C14H18ClN3O2S. The van der Waals surface area contributed by atoms with Gasteiger partial charge in [-0.1, -0.05) is 11.6 Å². The van der Waals surface area contributed by atoms with Crippen molar-refractivity contribution in [3.63, 3.8) is 0 Å². The lowest BCUT2D eigenvalue weighted by atomic mass is 10.1. The Bertz CT molecular complexity index is 647. The van der Waals surface area contributed by atoms with Crippen molar-refractivity contribution in [3.8, 4) is 6.07 Å². The Balaban J connectivity index is 2.30. The van der Waals surface area contributed by atoms with E-state index in [2.05, 4.69) is 5.32 Å². The Kier molecular flexibility index (Phi) is 5.22. The van der Waals surface area contributed by atoms with Gasteiger partial charge in [0, 0.05) is 13.1 Å². The molecule has 0 amide bonds. The van der Waals surface area contributed by atoms with Gasteiger partial charge in [0.2, 0.25) is 10.0 Å². The smallest absolute Gasteiger partial charge is 0.244 e. The lowest BCUT2D eigenvalue weighted by molar-refractivity contribution is 0.341. The van der Waals surface area contributed by atoms with Crippen LogP contribution in [0.2, 0.25) is 5.02 Å². The minimum atomic E-state index is -3.65. The van der Waals surface area contributed by atoms with Gasteiger partial charge in [-0.05, 0) is 50.6 Å². The Hall–Kier alpha value is -1.13. The highest BCUT2D eigenvalue weighted by Gasteiger charge is 2.30. The van der Waals surface area contributed by atoms with E-state index >= 15 is 0 Å². The number of halogens is 1. The van der Waals surface area contributed by atoms with Gasteiger partial charge in [-0.3, -0.25) is 0 Å². The summed E-state index contributed by atoms with van der Waals surface area (Å²) < 4.78 is 26.8. The lowest BCUT2D eigenvalue weighted by Gasteiger charge is -2.26. The van der Waals surface area contributed by atoms with Crippen molar-refractivity contribution in [2.24, 2.45) is 0 Å². The summed E-state index contributed by atoms with van der Waals surface area (Å²) in [5.74, 6) is 0. The summed E-state index contributed by atoms with van der Waals surface area (Å²) in [7, 11) is -2.05. The number of hydrogen-bond acceptors (Lipinski definition) is 4. The van der Waals surface area contributed by atoms with Gasteiger partial charge in [0.15, 0.2) is 0 Å². The second-order valence-corrected chi connectivity index (χ2v) is 7.49. The van der Waals surface area contributed by atoms with E-state index in [1.54, 1.807) is 7.05 Å². The molecular weight excluding hydrogens is 310 g/mol. The van der Waals surface area contributed by atoms with Gasteiger partial charge in [-0.15, -0.1) is 0 Å². The van der Waals surface area contributed by atoms with Crippen LogP contribution in [-0.2, 0) is 10.0 Å². The third-order valence-electron chi connectivity index (χ3n) is 3.78. The summed E-state index contributed by atoms with van der Waals surface area (Å²) in [6, 6.07) is 6.18. The molecule has 0 saturated carbocycles. The van der Waals surface area contributed by atoms with Gasteiger partial charge in [0.05, 0.1) is 16.7 Å². The average Bonchev–Trinajstić information content (AvgIpc) is 2.74. The zero-order chi connectivity index (χ0) is 15.5. The maximum Gasteiger partial charge on any atom is 0.244 e. The van der Waals surface area contributed by atoms with Crippen LogP contribution in [0.4, 0.5) is 0 Å². The largest absolute Gasteiger partial charge is 0.317 e. The van der Waals surface area contributed by atoms with Crippen LogP contribution in [0.15, 0.2) is 23.1 Å². The molecule has 1 aromatic rings. The van der Waals surface area contributed by atoms with Crippen molar-refractivity contribution < 1.29 is 8.42 Å². The number of nitrogens with zero attached hydrogens (tertiary/aromatic N) is 2. The van der Waals surface area contributed by atoms with Gasteiger partial charge < -0.3 is 5.32 Å². The van der Waals surface area contributed by atoms with E-state index in [-0.39, 0.29) is 16.0 Å². The van der Waals surface area contributed by atoms with E-state index in [4.69, 9.17) is 16.9 Å². The molecule has 0 radical (unpaired) electrons. The predicted molar refractivity (Wildman–Crippen MR) is 81.6 cm³/mol. The van der Waals surface area contributed by atoms with E-state index in [9.17, 15) is 8.42 Å². The highest BCUT2D eigenvalue weighted by atomic mass is 35.5. The third-order valence-corrected chi connectivity index (χ3v) is 6.17. The quantitative estimate of drug-likeness (QED) is 0.921. The van der Waals surface area contributed by atoms with Crippen LogP contribution in [0.25, 0.3) is 0 Å². The zero-order valence-electron chi connectivity index (χ0n) is 11.8. The molecule has 1 aliphatic heterocycles. The number of nitriles is 1. The average molecular weight is 328 g/mol. The van der Waals surface area contributed by atoms with Crippen molar-refractivity contribution in [3.05, 3.63) is 28.8 Å². The summed E-state index contributed by atoms with van der Waals surface area (Å²) in [4.78, 5) is 0.0582. The minimum absolute atomic E-state index is 0.0308. The molecule has 5 nitrogen and oxygen atoms in total. The second kappa shape index (κ2) is 6.75. The number of rotatable bonds is 3. The van der Waals surface area contributed by atoms with E-state index in [1.807, 2.05) is 6.07 Å². The molecule has 0 aliphatic carbocycles. The summed E-state index contributed by atoms with van der Waals surface area (Å²) >= 11 is 6.04. The molecule has 1 fully saturated rings. The first kappa shape index (κ1) is 16.2. The predicted octanol–water partition coefficient (Wildman–Crippen LogP) is 1.97. The Morgan fingerprint density at radius 2 is 2.14 bits per heavy atom. The first-order valence-corrected chi connectivity index (χ1v) is 8.67. The van der Waals surface area contributed by atoms with Crippen LogP contribution >= 0.6 is 11.6 Å². The van der Waals surface area contributed by atoms with Crippen LogP contribution in [-0.4, -0.2) is 38.9 Å². The SMILES string of the molecule is CN(C1CCCNCC1)S(=O)(=O)c1ccc(C#N)cc1Cl. The van der Waals surface area contributed by atoms with Crippen LogP contribution < -0.4 is 5.32 Å². The number of sulfonamides is 1. The molecule has 2 rings (SSSR count). The molecule has 1 aromatic carbocycles. The molecule has 7 heteroatoms. The first-order chi connectivity index (χ1) is 9.96. The van der Waals surface area contributed by atoms with E-state index < -0.39 is 10.0 Å². The van der Waals surface area contributed by atoms with Crippen LogP contribution in [0, 0.1) is 11.3 Å². The van der Waals surface area contributed by atoms with Crippen molar-refractivity contribution in [1.82, 2.24) is 9.62 Å². The second-order valence-electron chi connectivity index (χ2n) is 5.11. The molecule has 1 N–H and O–H groups in total. The van der Waals surface area contributed by atoms with Gasteiger partial charge in [0.25, 0.3) is 0 Å². The monoisotopic (exact) mass is 327 g/mol. The van der Waals surface area contributed by atoms with Crippen molar-refractivity contribution in [2.75, 3.05) is 20.1 Å². The van der Waals surface area contributed by atoms with Crippen molar-refractivity contribution >= 4 is 21.6 Å². The van der Waals surface area contributed by atoms with E-state index in [0.717, 1.165) is 32.4 Å². The number of hydrogen-bond donors (Lipinski definition) is 1. The van der Waals surface area contributed by atoms with Crippen LogP contribution in [0.3, 0.4) is 0 Å². The zero-order valence-corrected chi connectivity index (χ0v) is 13.4. The maximum absolute atomic E-state index is 12.7. The van der Waals surface area contributed by atoms with Crippen LogP contribution in [0.5, 0.6) is 0 Å². The molecule has 1 atom stereocenters. The fraction of sp³-hybridized carbons (Fsp3) is 0.500. The van der Waals surface area contributed by atoms with Gasteiger partial charge in [-0.25, -0.2) is 8.42 Å². The summed E-state index contributed by atoms with van der Waals surface area (Å²) in [5.41, 5.74) is 0.347. The molecule has 21 heavy (non-hydrogen) atoms. The molecule has 0 spiro atoms. The van der Waals surface area contributed by atoms with Gasteiger partial charge in [-0.2, -0.15) is 9.57 Å².